The molecule has 0 aromatic rings. The molecule has 0 spiro atoms. The maximum Gasteiger partial charge on any atom is 0.313 e. The molecule has 0 aromatic carbocycles. The maximum absolute atomic E-state index is 11.6. The molecule has 0 amide bonds. The third-order valence-electron chi connectivity index (χ3n) is 1.82. The number of hydrogen-bond donors (Lipinski definition) is 0. The zero-order valence-electron chi connectivity index (χ0n) is 9.89. The number of hydrogen-bond acceptors (Lipinski definition) is 5. The van der Waals surface area contributed by atoms with Crippen LogP contribution in [-0.2, 0) is 30.9 Å². The molecule has 0 bridgehead atoms. The van der Waals surface area contributed by atoms with Crippen molar-refractivity contribution in [3.63, 3.8) is 0 Å². The topological polar surface area (TPSA) is 52.6 Å². The molecular formula is C10H18O4PS+. The van der Waals surface area contributed by atoms with E-state index in [0.717, 1.165) is 0 Å². The molecular weight excluding hydrogens is 247 g/mol. The van der Waals surface area contributed by atoms with Gasteiger partial charge in [0.15, 0.2) is 18.5 Å². The SMILES string of the molecule is CCOC(=O)CC(C[P+](C)=S)C(=O)OCC. The molecule has 2 atom stereocenters. The normalized spacial score (nSPS) is 12.8. The average Bonchev–Trinajstić information content (AvgIpc) is 2.16. The molecule has 0 N–H and O–H groups in total. The first-order valence-electron chi connectivity index (χ1n) is 5.21. The number of carbonyl (C=O) groups excluding carboxylic acids is 2. The fourth-order valence-electron chi connectivity index (χ4n) is 1.21. The molecule has 16 heavy (non-hydrogen) atoms. The Morgan fingerprint density at radius 1 is 1.25 bits per heavy atom. The van der Waals surface area contributed by atoms with E-state index in [1.54, 1.807) is 13.8 Å². The van der Waals surface area contributed by atoms with Crippen LogP contribution < -0.4 is 0 Å². The Morgan fingerprint density at radius 2 is 1.81 bits per heavy atom. The van der Waals surface area contributed by atoms with Crippen molar-refractivity contribution in [2.75, 3.05) is 26.0 Å². The van der Waals surface area contributed by atoms with Crippen LogP contribution in [0.3, 0.4) is 0 Å². The van der Waals surface area contributed by atoms with Crippen LogP contribution in [0.5, 0.6) is 0 Å². The Labute approximate surface area is 102 Å². The number of esters is 2. The summed E-state index contributed by atoms with van der Waals surface area (Å²) in [7, 11) is 0. The number of carbonyl (C=O) groups is 2. The van der Waals surface area contributed by atoms with Crippen LogP contribution >= 0.6 is 6.70 Å². The molecule has 0 heterocycles. The van der Waals surface area contributed by atoms with Gasteiger partial charge in [0.2, 0.25) is 0 Å². The van der Waals surface area contributed by atoms with Gasteiger partial charge >= 0.3 is 11.9 Å². The van der Waals surface area contributed by atoms with Gasteiger partial charge in [0.05, 0.1) is 19.6 Å². The lowest BCUT2D eigenvalue weighted by Gasteiger charge is -2.10. The lowest BCUT2D eigenvalue weighted by atomic mass is 10.1. The van der Waals surface area contributed by atoms with E-state index in [4.69, 9.17) is 21.3 Å². The highest BCUT2D eigenvalue weighted by atomic mass is 32.4. The van der Waals surface area contributed by atoms with E-state index in [1.807, 2.05) is 6.66 Å². The second-order valence-electron chi connectivity index (χ2n) is 3.27. The van der Waals surface area contributed by atoms with Crippen LogP contribution in [0.15, 0.2) is 0 Å². The van der Waals surface area contributed by atoms with Gasteiger partial charge in [0.1, 0.15) is 18.7 Å². The van der Waals surface area contributed by atoms with Crippen LogP contribution in [-0.4, -0.2) is 38.0 Å². The van der Waals surface area contributed by atoms with Gasteiger partial charge in [-0.1, -0.05) is 0 Å². The largest absolute Gasteiger partial charge is 0.466 e. The van der Waals surface area contributed by atoms with E-state index >= 15 is 0 Å². The van der Waals surface area contributed by atoms with Gasteiger partial charge in [-0.05, 0) is 13.8 Å². The molecule has 0 saturated heterocycles. The highest BCUT2D eigenvalue weighted by Crippen LogP contribution is 2.23. The summed E-state index contributed by atoms with van der Waals surface area (Å²) in [6.07, 6.45) is 0.596. The van der Waals surface area contributed by atoms with Crippen LogP contribution in [0, 0.1) is 5.92 Å². The third kappa shape index (κ3) is 6.85. The van der Waals surface area contributed by atoms with Gasteiger partial charge in [0.25, 0.3) is 0 Å². The monoisotopic (exact) mass is 265 g/mol. The average molecular weight is 265 g/mol. The zero-order valence-corrected chi connectivity index (χ0v) is 11.6. The van der Waals surface area contributed by atoms with E-state index in [-0.39, 0.29) is 18.4 Å². The molecule has 0 rings (SSSR count). The van der Waals surface area contributed by atoms with Crippen LogP contribution in [0.4, 0.5) is 0 Å². The summed E-state index contributed by atoms with van der Waals surface area (Å²) in [6, 6.07) is 0. The Kier molecular flexibility index (Phi) is 8.30. The lowest BCUT2D eigenvalue weighted by molar-refractivity contribution is -0.153. The van der Waals surface area contributed by atoms with Crippen LogP contribution in [0.2, 0.25) is 0 Å². The summed E-state index contributed by atoms with van der Waals surface area (Å²) in [6.45, 7) is 5.35. The lowest BCUT2D eigenvalue weighted by Crippen LogP contribution is -2.24. The summed E-state index contributed by atoms with van der Waals surface area (Å²) in [4.78, 5) is 22.8. The quantitative estimate of drug-likeness (QED) is 0.518. The van der Waals surface area contributed by atoms with Gasteiger partial charge < -0.3 is 9.47 Å². The summed E-state index contributed by atoms with van der Waals surface area (Å²) in [5.74, 6) is -1.17. The minimum Gasteiger partial charge on any atom is -0.466 e. The predicted molar refractivity (Wildman–Crippen MR) is 66.4 cm³/mol. The number of ether oxygens (including phenoxy) is 2. The van der Waals surface area contributed by atoms with Gasteiger partial charge in [-0.2, -0.15) is 0 Å². The summed E-state index contributed by atoms with van der Waals surface area (Å²) < 4.78 is 9.71. The molecule has 2 unspecified atom stereocenters. The van der Waals surface area contributed by atoms with Crippen molar-refractivity contribution < 1.29 is 19.1 Å². The summed E-state index contributed by atoms with van der Waals surface area (Å²) >= 11 is 5.08. The van der Waals surface area contributed by atoms with Crippen LogP contribution in [0.25, 0.3) is 0 Å². The summed E-state index contributed by atoms with van der Waals surface area (Å²) in [5, 5.41) is 0. The predicted octanol–water partition coefficient (Wildman–Crippen LogP) is 1.69. The van der Waals surface area contributed by atoms with Crippen molar-refractivity contribution in [1.82, 2.24) is 0 Å². The number of rotatable bonds is 7. The van der Waals surface area contributed by atoms with Gasteiger partial charge in [-0.25, -0.2) is 0 Å². The maximum atomic E-state index is 11.6. The van der Waals surface area contributed by atoms with Crippen LogP contribution in [0.1, 0.15) is 20.3 Å². The fourth-order valence-corrected chi connectivity index (χ4v) is 2.65. The Bertz CT molecular complexity index is 268. The Hall–Kier alpha value is -0.540. The first kappa shape index (κ1) is 15.5. The standard InChI is InChI=1S/C10H18O4PS/c1-4-13-9(11)6-8(7-15(3)16)10(12)14-5-2/h8H,4-7H2,1-3H3/q+1. The van der Waals surface area contributed by atoms with E-state index < -0.39 is 12.6 Å². The first-order chi connectivity index (χ1) is 7.51. The van der Waals surface area contributed by atoms with Gasteiger partial charge in [0, 0.05) is 0 Å². The molecule has 0 fully saturated rings. The van der Waals surface area contributed by atoms with Crippen molar-refractivity contribution in [3.05, 3.63) is 0 Å². The van der Waals surface area contributed by atoms with Crippen molar-refractivity contribution in [2.24, 2.45) is 5.92 Å². The van der Waals surface area contributed by atoms with E-state index in [9.17, 15) is 9.59 Å². The molecule has 0 radical (unpaired) electrons. The molecule has 6 heteroatoms. The Balaban J connectivity index is 4.36. The molecule has 0 aliphatic heterocycles. The van der Waals surface area contributed by atoms with E-state index in [1.165, 1.54) is 0 Å². The minimum atomic E-state index is -0.648. The smallest absolute Gasteiger partial charge is 0.313 e. The first-order valence-corrected chi connectivity index (χ1v) is 8.20. The molecule has 0 aromatic heterocycles. The molecule has 0 aliphatic rings. The minimum absolute atomic E-state index is 0.0655. The highest BCUT2D eigenvalue weighted by molar-refractivity contribution is 8.04. The van der Waals surface area contributed by atoms with Gasteiger partial charge in [-0.3, -0.25) is 9.59 Å². The third-order valence-corrected chi connectivity index (χ3v) is 3.22. The Morgan fingerprint density at radius 3 is 2.25 bits per heavy atom. The molecule has 92 valence electrons. The van der Waals surface area contributed by atoms with Crippen molar-refractivity contribution in [1.29, 1.82) is 0 Å². The second-order valence-corrected chi connectivity index (χ2v) is 6.76. The van der Waals surface area contributed by atoms with Crippen molar-refractivity contribution in [3.8, 4) is 0 Å². The molecule has 4 nitrogen and oxygen atoms in total. The highest BCUT2D eigenvalue weighted by Gasteiger charge is 2.28. The second kappa shape index (κ2) is 8.59. The zero-order chi connectivity index (χ0) is 12.6. The molecule has 0 saturated carbocycles. The van der Waals surface area contributed by atoms with E-state index in [2.05, 4.69) is 0 Å². The fraction of sp³-hybridized carbons (Fsp3) is 0.800. The van der Waals surface area contributed by atoms with Crippen molar-refractivity contribution in [2.45, 2.75) is 20.3 Å². The van der Waals surface area contributed by atoms with E-state index in [0.29, 0.717) is 19.4 Å². The molecule has 0 aliphatic carbocycles. The van der Waals surface area contributed by atoms with Gasteiger partial charge in [-0.15, -0.1) is 0 Å². The van der Waals surface area contributed by atoms with Crippen molar-refractivity contribution >= 4 is 30.4 Å². The summed E-state index contributed by atoms with van der Waals surface area (Å²) in [5.41, 5.74) is 0.